The molecule has 0 aromatic carbocycles. The third-order valence-electron chi connectivity index (χ3n) is 0.679. The van der Waals surface area contributed by atoms with E-state index >= 15 is 0 Å². The highest BCUT2D eigenvalue weighted by Gasteiger charge is 1.92. The number of nitrogen functional groups attached to an aromatic ring is 1. The van der Waals surface area contributed by atoms with E-state index in [-0.39, 0.29) is 24.1 Å². The van der Waals surface area contributed by atoms with Crippen LogP contribution in [-0.4, -0.2) is 17.2 Å². The number of H-pyrrole nitrogens is 1. The van der Waals surface area contributed by atoms with Crippen LogP contribution in [0.4, 0.5) is 5.82 Å². The van der Waals surface area contributed by atoms with E-state index in [1.165, 1.54) is 6.07 Å². The van der Waals surface area contributed by atoms with Crippen molar-refractivity contribution in [2.75, 3.05) is 12.8 Å². The summed E-state index contributed by atoms with van der Waals surface area (Å²) in [5, 5.41) is 5.81. The Hall–Kier alpha value is -0.900. The van der Waals surface area contributed by atoms with Gasteiger partial charge in [-0.05, 0) is 0 Å². The average Bonchev–Trinajstić information content (AvgIpc) is 2.10. The van der Waals surface area contributed by atoms with Crippen LogP contribution in [0, 0.1) is 0 Å². The molecule has 52 valence electrons. The van der Waals surface area contributed by atoms with Gasteiger partial charge in [0.15, 0.2) is 0 Å². The summed E-state index contributed by atoms with van der Waals surface area (Å²) in [6.07, 6.45) is 0. The Morgan fingerprint density at radius 1 is 2.00 bits per heavy atom. The van der Waals surface area contributed by atoms with Gasteiger partial charge in [0.2, 0.25) is 5.88 Å². The van der Waals surface area contributed by atoms with Crippen LogP contribution < -0.4 is 10.5 Å². The number of aromatic nitrogens is 2. The summed E-state index contributed by atoms with van der Waals surface area (Å²) >= 11 is 0. The highest BCUT2D eigenvalue weighted by atomic mass is 35.5. The zero-order valence-corrected chi connectivity index (χ0v) is 5.23. The molecule has 4 nitrogen and oxygen atoms in total. The molecule has 0 aliphatic carbocycles. The highest BCUT2D eigenvalue weighted by Crippen LogP contribution is 2.06. The monoisotopic (exact) mass is 152 g/mol. The smallest absolute Gasteiger partial charge is 0.234 e. The summed E-state index contributed by atoms with van der Waals surface area (Å²) in [7, 11) is -2.47. The second-order valence-electron chi connectivity index (χ2n) is 1.26. The molecule has 0 radical (unpaired) electrons. The quantitative estimate of drug-likeness (QED) is 0.613. The maximum Gasteiger partial charge on any atom is 0.234 e. The molecule has 0 aliphatic heterocycles. The molecule has 0 saturated carbocycles. The predicted molar refractivity (Wildman–Crippen MR) is 36.8 cm³/mol. The molecule has 0 saturated heterocycles. The molecule has 5 heteroatoms. The number of anilines is 1. The number of ether oxygens (including phenoxy) is 1. The first-order valence-corrected chi connectivity index (χ1v) is 1.97. The van der Waals surface area contributed by atoms with Crippen molar-refractivity contribution in [2.45, 2.75) is 0 Å². The van der Waals surface area contributed by atoms with E-state index in [0.717, 1.165) is 0 Å². The third-order valence-corrected chi connectivity index (χ3v) is 0.679. The number of hydrogen-bond acceptors (Lipinski definition) is 3. The number of nitrogens with one attached hydrogen (secondary N) is 1. The minimum Gasteiger partial charge on any atom is -0.480 e. The molecule has 1 rings (SSSR count). The van der Waals surface area contributed by atoms with Crippen LogP contribution in [0.2, 0.25) is 0 Å². The topological polar surface area (TPSA) is 63.9 Å². The Morgan fingerprint density at radius 3 is 3.22 bits per heavy atom. The van der Waals surface area contributed by atoms with E-state index in [2.05, 4.69) is 14.9 Å². The fourth-order valence-corrected chi connectivity index (χ4v) is 0.370. The van der Waals surface area contributed by atoms with Gasteiger partial charge in [0.05, 0.1) is 11.2 Å². The van der Waals surface area contributed by atoms with Crippen LogP contribution >= 0.6 is 12.4 Å². The van der Waals surface area contributed by atoms with E-state index in [0.29, 0.717) is 0 Å². The number of rotatable bonds is 1. The van der Waals surface area contributed by atoms with Crippen LogP contribution in [0.3, 0.4) is 0 Å². The zero-order valence-electron chi connectivity index (χ0n) is 7.42. The summed E-state index contributed by atoms with van der Waals surface area (Å²) < 4.78 is 24.5. The number of methoxy groups -OCH3 is 1. The first kappa shape index (κ1) is 4.00. The molecule has 0 bridgehead atoms. The van der Waals surface area contributed by atoms with Gasteiger partial charge in [-0.1, -0.05) is 0 Å². The highest BCUT2D eigenvalue weighted by molar-refractivity contribution is 5.85. The lowest BCUT2D eigenvalue weighted by atomic mass is 10.6. The van der Waals surface area contributed by atoms with E-state index < -0.39 is 7.04 Å². The zero-order chi connectivity index (χ0) is 8.48. The Bertz CT molecular complexity index is 248. The van der Waals surface area contributed by atoms with Crippen LogP contribution in [0.15, 0.2) is 6.07 Å². The first-order chi connectivity index (χ1) is 4.97. The fraction of sp³-hybridized carbons (Fsp3) is 0.250. The molecule has 0 amide bonds. The van der Waals surface area contributed by atoms with Crippen molar-refractivity contribution in [3.63, 3.8) is 0 Å². The maximum absolute atomic E-state index is 6.69. The predicted octanol–water partition coefficient (Wildman–Crippen LogP) is 0.422. The van der Waals surface area contributed by atoms with Crippen LogP contribution in [-0.2, 0) is 0 Å². The molecule has 1 heterocycles. The molecular weight excluding hydrogens is 142 g/mol. The number of aromatic amines is 1. The van der Waals surface area contributed by atoms with E-state index in [1.54, 1.807) is 0 Å². The van der Waals surface area contributed by atoms with Crippen molar-refractivity contribution < 1.29 is 8.85 Å². The second kappa shape index (κ2) is 3.19. The van der Waals surface area contributed by atoms with Gasteiger partial charge in [-0.25, -0.2) is 0 Å². The van der Waals surface area contributed by atoms with Crippen molar-refractivity contribution >= 4 is 18.2 Å². The lowest BCUT2D eigenvalue weighted by molar-refractivity contribution is 0.397. The lowest BCUT2D eigenvalue weighted by Crippen LogP contribution is -1.81. The number of nitrogens with zero attached hydrogens (tertiary/aromatic N) is 1. The summed E-state index contributed by atoms with van der Waals surface area (Å²) in [5.74, 6) is 0.242. The van der Waals surface area contributed by atoms with Crippen LogP contribution in [0.1, 0.15) is 4.11 Å². The van der Waals surface area contributed by atoms with Crippen LogP contribution in [0.25, 0.3) is 0 Å². The molecule has 0 fully saturated rings. The average molecular weight is 153 g/mol. The molecule has 0 unspecified atom stereocenters. The minimum absolute atomic E-state index is 0. The van der Waals surface area contributed by atoms with Crippen LogP contribution in [0.5, 0.6) is 5.88 Å². The SMILES string of the molecule is Cl.[2H]C([2H])([2H])Oc1cc(N)[nH]n1. The van der Waals surface area contributed by atoms with Crippen molar-refractivity contribution in [3.05, 3.63) is 6.07 Å². The van der Waals surface area contributed by atoms with E-state index in [4.69, 9.17) is 9.85 Å². The summed E-state index contributed by atoms with van der Waals surface area (Å²) in [4.78, 5) is 0. The van der Waals surface area contributed by atoms with Gasteiger partial charge in [0.1, 0.15) is 5.82 Å². The van der Waals surface area contributed by atoms with Crippen molar-refractivity contribution in [1.82, 2.24) is 10.2 Å². The summed E-state index contributed by atoms with van der Waals surface area (Å²) in [6, 6.07) is 1.30. The fourth-order valence-electron chi connectivity index (χ4n) is 0.370. The molecular formula is C4H8ClN3O. The largest absolute Gasteiger partial charge is 0.480 e. The second-order valence-corrected chi connectivity index (χ2v) is 1.26. The normalized spacial score (nSPS) is 14.4. The molecule has 9 heavy (non-hydrogen) atoms. The van der Waals surface area contributed by atoms with Gasteiger partial charge in [-0.3, -0.25) is 5.10 Å². The van der Waals surface area contributed by atoms with Gasteiger partial charge >= 0.3 is 0 Å². The van der Waals surface area contributed by atoms with Gasteiger partial charge in [-0.15, -0.1) is 17.5 Å². The van der Waals surface area contributed by atoms with Gasteiger partial charge < -0.3 is 10.5 Å². The Morgan fingerprint density at radius 2 is 2.78 bits per heavy atom. The van der Waals surface area contributed by atoms with E-state index in [9.17, 15) is 0 Å². The third kappa shape index (κ3) is 1.81. The lowest BCUT2D eigenvalue weighted by Gasteiger charge is -1.84. The van der Waals surface area contributed by atoms with Crippen molar-refractivity contribution in [2.24, 2.45) is 0 Å². The molecule has 0 atom stereocenters. The van der Waals surface area contributed by atoms with E-state index in [1.807, 2.05) is 0 Å². The molecule has 3 N–H and O–H groups in total. The standard InChI is InChI=1S/C4H7N3O.ClH/c1-8-4-2-3(5)6-7-4;/h2H,1H3,(H3,5,6,7);1H/i1D3;. The number of nitrogens with two attached hydrogens (primary N) is 1. The molecule has 0 spiro atoms. The number of hydrogen-bond donors (Lipinski definition) is 2. The first-order valence-electron chi connectivity index (χ1n) is 3.47. The summed E-state index contributed by atoms with van der Waals surface area (Å²) in [5.41, 5.74) is 5.22. The van der Waals surface area contributed by atoms with Gasteiger partial charge in [-0.2, -0.15) is 0 Å². The maximum atomic E-state index is 6.69. The molecule has 1 aromatic heterocycles. The number of halogens is 1. The Balaban J connectivity index is 0.00000121. The van der Waals surface area contributed by atoms with Gasteiger partial charge in [0.25, 0.3) is 0 Å². The molecule has 0 aliphatic rings. The van der Waals surface area contributed by atoms with Crippen molar-refractivity contribution in [3.8, 4) is 5.88 Å². The minimum atomic E-state index is -2.47. The molecule has 1 aromatic rings. The summed E-state index contributed by atoms with van der Waals surface area (Å²) in [6.45, 7) is 0. The van der Waals surface area contributed by atoms with Crippen molar-refractivity contribution in [1.29, 1.82) is 0 Å². The Labute approximate surface area is 63.0 Å². The van der Waals surface area contributed by atoms with Gasteiger partial charge in [0, 0.05) is 6.07 Å². The Kier molecular flexibility index (Phi) is 1.42.